The maximum atomic E-state index is 11.1. The predicted molar refractivity (Wildman–Crippen MR) is 53.9 cm³/mol. The van der Waals surface area contributed by atoms with Gasteiger partial charge in [-0.05, 0) is 19.8 Å². The Morgan fingerprint density at radius 3 is 2.93 bits per heavy atom. The zero-order chi connectivity index (χ0) is 10.7. The van der Waals surface area contributed by atoms with Gasteiger partial charge in [0.25, 0.3) is 0 Å². The van der Waals surface area contributed by atoms with Crippen molar-refractivity contribution in [3.8, 4) is 5.75 Å². The molecule has 82 valence electrons. The monoisotopic (exact) mass is 210 g/mol. The Bertz CT molecular complexity index is 376. The lowest BCUT2D eigenvalue weighted by Crippen LogP contribution is -2.25. The van der Waals surface area contributed by atoms with E-state index in [-0.39, 0.29) is 11.9 Å². The number of ether oxygens (including phenoxy) is 2. The van der Waals surface area contributed by atoms with Gasteiger partial charge >= 0.3 is 5.63 Å². The van der Waals surface area contributed by atoms with Gasteiger partial charge in [0.15, 0.2) is 6.29 Å². The summed E-state index contributed by atoms with van der Waals surface area (Å²) in [5.74, 6) is 1.07. The summed E-state index contributed by atoms with van der Waals surface area (Å²) in [6.07, 6.45) is 2.83. The van der Waals surface area contributed by atoms with Crippen LogP contribution in [-0.4, -0.2) is 12.9 Å². The van der Waals surface area contributed by atoms with Gasteiger partial charge in [0.2, 0.25) is 0 Å². The molecule has 4 heteroatoms. The fraction of sp³-hybridized carbons (Fsp3) is 0.545. The zero-order valence-electron chi connectivity index (χ0n) is 8.69. The average molecular weight is 210 g/mol. The summed E-state index contributed by atoms with van der Waals surface area (Å²) in [5, 5.41) is 0. The molecule has 1 atom stereocenters. The molecule has 1 aromatic heterocycles. The number of rotatable bonds is 2. The highest BCUT2D eigenvalue weighted by Crippen LogP contribution is 2.18. The topological polar surface area (TPSA) is 48.7 Å². The van der Waals surface area contributed by atoms with Crippen LogP contribution in [0, 0.1) is 6.92 Å². The molecule has 4 nitrogen and oxygen atoms in total. The van der Waals surface area contributed by atoms with Gasteiger partial charge in [-0.1, -0.05) is 0 Å². The molecule has 0 radical (unpaired) electrons. The van der Waals surface area contributed by atoms with Gasteiger partial charge < -0.3 is 13.9 Å². The van der Waals surface area contributed by atoms with Crippen molar-refractivity contribution in [1.29, 1.82) is 0 Å². The SMILES string of the molecule is Cc1cc(OC2CCCCO2)cc(=O)o1. The second-order valence-corrected chi connectivity index (χ2v) is 3.64. The first-order valence-electron chi connectivity index (χ1n) is 5.14. The van der Waals surface area contributed by atoms with Crippen LogP contribution in [0.5, 0.6) is 5.75 Å². The molecule has 0 aromatic carbocycles. The highest BCUT2D eigenvalue weighted by molar-refractivity contribution is 5.19. The molecule has 2 heterocycles. The van der Waals surface area contributed by atoms with Gasteiger partial charge in [0, 0.05) is 12.5 Å². The summed E-state index contributed by atoms with van der Waals surface area (Å²) in [6.45, 7) is 2.45. The molecular formula is C11H14O4. The summed E-state index contributed by atoms with van der Waals surface area (Å²) >= 11 is 0. The zero-order valence-corrected chi connectivity index (χ0v) is 8.69. The standard InChI is InChI=1S/C11H14O4/c1-8-6-9(7-10(12)14-8)15-11-4-2-3-5-13-11/h6-7,11H,2-5H2,1H3. The summed E-state index contributed by atoms with van der Waals surface area (Å²) in [7, 11) is 0. The summed E-state index contributed by atoms with van der Waals surface area (Å²) in [5.41, 5.74) is -0.388. The highest BCUT2D eigenvalue weighted by Gasteiger charge is 2.15. The van der Waals surface area contributed by atoms with Crippen molar-refractivity contribution in [2.24, 2.45) is 0 Å². The first kappa shape index (κ1) is 10.2. The largest absolute Gasteiger partial charge is 0.465 e. The van der Waals surface area contributed by atoms with Gasteiger partial charge in [0.1, 0.15) is 11.5 Å². The number of aryl methyl sites for hydroxylation is 1. The first-order chi connectivity index (χ1) is 7.24. The minimum atomic E-state index is -0.388. The predicted octanol–water partition coefficient (Wildman–Crippen LogP) is 1.85. The van der Waals surface area contributed by atoms with E-state index < -0.39 is 0 Å². The van der Waals surface area contributed by atoms with E-state index in [0.29, 0.717) is 11.5 Å². The number of hydrogen-bond acceptors (Lipinski definition) is 4. The molecule has 1 fully saturated rings. The van der Waals surface area contributed by atoms with Crippen molar-refractivity contribution >= 4 is 0 Å². The van der Waals surface area contributed by atoms with Gasteiger partial charge in [-0.15, -0.1) is 0 Å². The quantitative estimate of drug-likeness (QED) is 0.747. The Hall–Kier alpha value is -1.29. The van der Waals surface area contributed by atoms with Gasteiger partial charge in [-0.3, -0.25) is 0 Å². The molecule has 1 aliphatic rings. The van der Waals surface area contributed by atoms with Crippen molar-refractivity contribution in [1.82, 2.24) is 0 Å². The molecule has 0 spiro atoms. The van der Waals surface area contributed by atoms with Crippen LogP contribution in [-0.2, 0) is 4.74 Å². The summed E-state index contributed by atoms with van der Waals surface area (Å²) < 4.78 is 15.8. The number of hydrogen-bond donors (Lipinski definition) is 0. The molecule has 1 saturated heterocycles. The fourth-order valence-corrected chi connectivity index (χ4v) is 1.60. The van der Waals surface area contributed by atoms with Crippen molar-refractivity contribution in [2.45, 2.75) is 32.5 Å². The van der Waals surface area contributed by atoms with Crippen molar-refractivity contribution in [3.63, 3.8) is 0 Å². The molecule has 0 amide bonds. The van der Waals surface area contributed by atoms with Crippen LogP contribution >= 0.6 is 0 Å². The maximum Gasteiger partial charge on any atom is 0.339 e. The maximum absolute atomic E-state index is 11.1. The van der Waals surface area contributed by atoms with Crippen LogP contribution in [0.2, 0.25) is 0 Å². The molecule has 0 bridgehead atoms. The third-order valence-corrected chi connectivity index (χ3v) is 2.27. The van der Waals surface area contributed by atoms with Crippen LogP contribution in [0.15, 0.2) is 21.3 Å². The minimum absolute atomic E-state index is 0.222. The lowest BCUT2D eigenvalue weighted by Gasteiger charge is -2.23. The second-order valence-electron chi connectivity index (χ2n) is 3.64. The lowest BCUT2D eigenvalue weighted by atomic mass is 10.2. The molecule has 15 heavy (non-hydrogen) atoms. The Morgan fingerprint density at radius 1 is 1.40 bits per heavy atom. The lowest BCUT2D eigenvalue weighted by molar-refractivity contribution is -0.106. The van der Waals surface area contributed by atoms with Crippen LogP contribution in [0.4, 0.5) is 0 Å². The minimum Gasteiger partial charge on any atom is -0.465 e. The van der Waals surface area contributed by atoms with E-state index in [0.717, 1.165) is 25.9 Å². The van der Waals surface area contributed by atoms with Crippen LogP contribution < -0.4 is 10.4 Å². The third-order valence-electron chi connectivity index (χ3n) is 2.27. The third kappa shape index (κ3) is 2.83. The highest BCUT2D eigenvalue weighted by atomic mass is 16.7. The second kappa shape index (κ2) is 4.49. The molecular weight excluding hydrogens is 196 g/mol. The van der Waals surface area contributed by atoms with E-state index in [9.17, 15) is 4.79 Å². The average Bonchev–Trinajstić information content (AvgIpc) is 2.17. The smallest absolute Gasteiger partial charge is 0.339 e. The Morgan fingerprint density at radius 2 is 2.27 bits per heavy atom. The van der Waals surface area contributed by atoms with Crippen LogP contribution in [0.25, 0.3) is 0 Å². The Labute approximate surface area is 87.8 Å². The molecule has 0 aliphatic carbocycles. The summed E-state index contributed by atoms with van der Waals surface area (Å²) in [4.78, 5) is 11.1. The molecule has 0 saturated carbocycles. The summed E-state index contributed by atoms with van der Waals surface area (Å²) in [6, 6.07) is 3.03. The van der Waals surface area contributed by atoms with E-state index in [2.05, 4.69) is 0 Å². The molecule has 1 aromatic rings. The van der Waals surface area contributed by atoms with E-state index in [1.54, 1.807) is 13.0 Å². The van der Waals surface area contributed by atoms with E-state index in [1.807, 2.05) is 0 Å². The van der Waals surface area contributed by atoms with Gasteiger partial charge in [0.05, 0.1) is 12.7 Å². The van der Waals surface area contributed by atoms with Crippen molar-refractivity contribution in [2.75, 3.05) is 6.61 Å². The first-order valence-corrected chi connectivity index (χ1v) is 5.14. The van der Waals surface area contributed by atoms with Crippen molar-refractivity contribution < 1.29 is 13.9 Å². The fourth-order valence-electron chi connectivity index (χ4n) is 1.60. The molecule has 1 unspecified atom stereocenters. The van der Waals surface area contributed by atoms with Crippen LogP contribution in [0.1, 0.15) is 25.0 Å². The van der Waals surface area contributed by atoms with E-state index in [1.165, 1.54) is 6.07 Å². The Balaban J connectivity index is 2.06. The molecule has 1 aliphatic heterocycles. The van der Waals surface area contributed by atoms with Gasteiger partial charge in [-0.25, -0.2) is 4.79 Å². The normalized spacial score (nSPS) is 21.3. The molecule has 0 N–H and O–H groups in total. The van der Waals surface area contributed by atoms with Crippen molar-refractivity contribution in [3.05, 3.63) is 28.3 Å². The molecule has 2 rings (SSSR count). The van der Waals surface area contributed by atoms with E-state index >= 15 is 0 Å². The van der Waals surface area contributed by atoms with Crippen LogP contribution in [0.3, 0.4) is 0 Å². The Kier molecular flexibility index (Phi) is 3.06. The van der Waals surface area contributed by atoms with E-state index in [4.69, 9.17) is 13.9 Å². The van der Waals surface area contributed by atoms with Gasteiger partial charge in [-0.2, -0.15) is 0 Å².